The van der Waals surface area contributed by atoms with Crippen LogP contribution in [0.4, 0.5) is 0 Å². The van der Waals surface area contributed by atoms with Gasteiger partial charge in [-0.1, -0.05) is 6.92 Å². The van der Waals surface area contributed by atoms with Crippen molar-refractivity contribution in [3.05, 3.63) is 0 Å². The van der Waals surface area contributed by atoms with Crippen molar-refractivity contribution >= 4 is 8.32 Å². The van der Waals surface area contributed by atoms with Gasteiger partial charge in [-0.05, 0) is 38.5 Å². The van der Waals surface area contributed by atoms with Crippen LogP contribution in [0.1, 0.15) is 19.8 Å². The van der Waals surface area contributed by atoms with Crippen LogP contribution in [0, 0.1) is 0 Å². The number of hydrogen-bond acceptors (Lipinski definition) is 3. The van der Waals surface area contributed by atoms with E-state index >= 15 is 0 Å². The summed E-state index contributed by atoms with van der Waals surface area (Å²) < 4.78 is 5.76. The molecule has 4 heteroatoms. The molecule has 0 saturated heterocycles. The van der Waals surface area contributed by atoms with Gasteiger partial charge in [-0.15, -0.1) is 0 Å². The Morgan fingerprint density at radius 2 is 1.83 bits per heavy atom. The third kappa shape index (κ3) is 8.20. The van der Waals surface area contributed by atoms with Gasteiger partial charge in [0.15, 0.2) is 8.32 Å². The fourth-order valence-corrected chi connectivity index (χ4v) is 1.60. The largest absolute Gasteiger partial charge is 0.417 e. The maximum atomic E-state index is 5.76. The summed E-state index contributed by atoms with van der Waals surface area (Å²) >= 11 is 0. The summed E-state index contributed by atoms with van der Waals surface area (Å²) in [5.74, 6) is 0. The summed E-state index contributed by atoms with van der Waals surface area (Å²) in [6.45, 7) is 8.42. The van der Waals surface area contributed by atoms with Crippen molar-refractivity contribution in [1.29, 1.82) is 0 Å². The van der Waals surface area contributed by atoms with Crippen LogP contribution in [0.15, 0.2) is 0 Å². The molecule has 0 spiro atoms. The highest BCUT2D eigenvalue weighted by Crippen LogP contribution is 2.10. The first-order valence-corrected chi connectivity index (χ1v) is 7.58. The Balaban J connectivity index is 0. The van der Waals surface area contributed by atoms with Gasteiger partial charge in [0, 0.05) is 6.61 Å². The van der Waals surface area contributed by atoms with E-state index in [2.05, 4.69) is 20.0 Å². The molecule has 12 heavy (non-hydrogen) atoms. The highest BCUT2D eigenvalue weighted by atomic mass is 28.4. The molecular weight excluding hydrogens is 168 g/mol. The molecule has 0 bridgehead atoms. The zero-order chi connectivity index (χ0) is 8.74. The van der Waals surface area contributed by atoms with Crippen LogP contribution in [-0.4, -0.2) is 21.5 Å². The lowest BCUT2D eigenvalue weighted by molar-refractivity contribution is 0.298. The number of nitrogens with two attached hydrogens (primary N) is 1. The Hall–Kier alpha value is 0.0969. The molecule has 0 unspecified atom stereocenters. The summed E-state index contributed by atoms with van der Waals surface area (Å²) in [5.41, 5.74) is 5.37. The average Bonchev–Trinajstić information content (AvgIpc) is 1.99. The molecule has 0 atom stereocenters. The molecule has 0 heterocycles. The van der Waals surface area contributed by atoms with Crippen molar-refractivity contribution < 1.29 is 4.43 Å². The van der Waals surface area contributed by atoms with Gasteiger partial charge in [0.05, 0.1) is 0 Å². The predicted molar refractivity (Wildman–Crippen MR) is 57.2 cm³/mol. The maximum Gasteiger partial charge on any atom is 0.186 e. The Morgan fingerprint density at radius 1 is 1.25 bits per heavy atom. The fraction of sp³-hybridized carbons (Fsp3) is 1.00. The Bertz CT molecular complexity index is 99.1. The predicted octanol–water partition coefficient (Wildman–Crippen LogP) is 2.13. The zero-order valence-electron chi connectivity index (χ0n) is 8.73. The summed E-state index contributed by atoms with van der Waals surface area (Å²) in [5, 5.41) is 0. The number of unbranched alkanes of at least 4 members (excludes halogenated alkanes) is 1. The van der Waals surface area contributed by atoms with E-state index in [-0.39, 0.29) is 6.15 Å². The molecule has 0 amide bonds. The Labute approximate surface area is 77.4 Å². The van der Waals surface area contributed by atoms with Crippen molar-refractivity contribution in [2.75, 3.05) is 13.2 Å². The van der Waals surface area contributed by atoms with E-state index in [1.807, 2.05) is 0 Å². The maximum absolute atomic E-state index is 5.76. The van der Waals surface area contributed by atoms with Gasteiger partial charge < -0.3 is 16.3 Å². The third-order valence-electron chi connectivity index (χ3n) is 1.94. The van der Waals surface area contributed by atoms with Gasteiger partial charge in [-0.3, -0.25) is 0 Å². The minimum atomic E-state index is -1.27. The molecule has 3 nitrogen and oxygen atoms in total. The normalized spacial score (nSPS) is 11.0. The molecule has 0 aromatic carbocycles. The molecule has 76 valence electrons. The van der Waals surface area contributed by atoms with Crippen LogP contribution in [-0.2, 0) is 4.43 Å². The number of rotatable bonds is 6. The van der Waals surface area contributed by atoms with E-state index in [0.717, 1.165) is 26.0 Å². The van der Waals surface area contributed by atoms with Crippen LogP contribution in [0.25, 0.3) is 0 Å². The second kappa shape index (κ2) is 7.73. The van der Waals surface area contributed by atoms with E-state index in [1.54, 1.807) is 0 Å². The topological polar surface area (TPSA) is 70.2 Å². The Kier molecular flexibility index (Phi) is 9.41. The van der Waals surface area contributed by atoms with E-state index < -0.39 is 8.32 Å². The smallest absolute Gasteiger partial charge is 0.186 e. The highest BCUT2D eigenvalue weighted by Gasteiger charge is 2.18. The van der Waals surface area contributed by atoms with Crippen molar-refractivity contribution in [3.63, 3.8) is 0 Å². The minimum absolute atomic E-state index is 0. The summed E-state index contributed by atoms with van der Waals surface area (Å²) in [6.07, 6.45) is 2.21. The second-order valence-corrected chi connectivity index (χ2v) is 7.97. The van der Waals surface area contributed by atoms with Crippen LogP contribution in [0.5, 0.6) is 0 Å². The Morgan fingerprint density at radius 3 is 2.25 bits per heavy atom. The van der Waals surface area contributed by atoms with Gasteiger partial charge >= 0.3 is 0 Å². The first-order valence-electron chi connectivity index (χ1n) is 4.46. The van der Waals surface area contributed by atoms with Crippen LogP contribution in [0.2, 0.25) is 19.1 Å². The van der Waals surface area contributed by atoms with E-state index in [0.29, 0.717) is 0 Å². The van der Waals surface area contributed by atoms with Crippen LogP contribution < -0.4 is 11.9 Å². The van der Waals surface area contributed by atoms with Crippen molar-refractivity contribution in [1.82, 2.24) is 6.15 Å². The minimum Gasteiger partial charge on any atom is -0.417 e. The summed E-state index contributed by atoms with van der Waals surface area (Å²) in [6, 6.07) is 1.20. The highest BCUT2D eigenvalue weighted by molar-refractivity contribution is 6.71. The molecule has 0 saturated carbocycles. The van der Waals surface area contributed by atoms with Gasteiger partial charge in [-0.2, -0.15) is 0 Å². The monoisotopic (exact) mass is 192 g/mol. The van der Waals surface area contributed by atoms with Gasteiger partial charge in [0.1, 0.15) is 0 Å². The standard InChI is InChI=1S/C8H21NOSi.H3N/c1-4-11(2,3)10-8-6-5-7-9;/h4-9H2,1-3H3;1H3. The molecule has 0 aromatic heterocycles. The average molecular weight is 192 g/mol. The second-order valence-electron chi connectivity index (χ2n) is 3.46. The van der Waals surface area contributed by atoms with Gasteiger partial charge in [0.25, 0.3) is 0 Å². The van der Waals surface area contributed by atoms with Gasteiger partial charge in [-0.25, -0.2) is 0 Å². The van der Waals surface area contributed by atoms with E-state index in [9.17, 15) is 0 Å². The molecule has 0 aliphatic rings. The van der Waals surface area contributed by atoms with Crippen LogP contribution >= 0.6 is 0 Å². The van der Waals surface area contributed by atoms with Crippen LogP contribution in [0.3, 0.4) is 0 Å². The first kappa shape index (κ1) is 14.6. The van der Waals surface area contributed by atoms with E-state index in [4.69, 9.17) is 10.2 Å². The lowest BCUT2D eigenvalue weighted by Gasteiger charge is -2.20. The molecule has 0 radical (unpaired) electrons. The summed E-state index contributed by atoms with van der Waals surface area (Å²) in [7, 11) is -1.27. The molecule has 0 aliphatic carbocycles. The zero-order valence-corrected chi connectivity index (χ0v) is 9.73. The lowest BCUT2D eigenvalue weighted by atomic mass is 10.3. The molecule has 5 N–H and O–H groups in total. The number of hydrogen-bond donors (Lipinski definition) is 2. The summed E-state index contributed by atoms with van der Waals surface area (Å²) in [4.78, 5) is 0. The SMILES string of the molecule is CC[Si](C)(C)OCCCCN.N. The lowest BCUT2D eigenvalue weighted by Crippen LogP contribution is -2.29. The van der Waals surface area contributed by atoms with Crippen molar-refractivity contribution in [2.24, 2.45) is 5.73 Å². The molecular formula is C8H24N2OSi. The quantitative estimate of drug-likeness (QED) is 0.500. The first-order chi connectivity index (χ1) is 5.12. The van der Waals surface area contributed by atoms with E-state index in [1.165, 1.54) is 6.04 Å². The van der Waals surface area contributed by atoms with Crippen molar-refractivity contribution in [3.8, 4) is 0 Å². The van der Waals surface area contributed by atoms with Crippen molar-refractivity contribution in [2.45, 2.75) is 38.9 Å². The fourth-order valence-electron chi connectivity index (χ4n) is 0.697. The molecule has 0 rings (SSSR count). The van der Waals surface area contributed by atoms with Gasteiger partial charge in [0.2, 0.25) is 0 Å². The third-order valence-corrected chi connectivity index (χ3v) is 4.63. The molecule has 0 fully saturated rings. The molecule has 0 aliphatic heterocycles. The molecule has 0 aromatic rings.